The van der Waals surface area contributed by atoms with Crippen LogP contribution >= 0.6 is 0 Å². The molecule has 1 heterocycles. The number of unbranched alkanes of at least 4 members (excludes halogenated alkanes) is 2. The Labute approximate surface area is 205 Å². The second-order valence-corrected chi connectivity index (χ2v) is 9.80. The highest BCUT2D eigenvalue weighted by Crippen LogP contribution is 2.41. The first kappa shape index (κ1) is 25.5. The topological polar surface area (TPSA) is 9.23 Å². The first-order valence-electron chi connectivity index (χ1n) is 12.9. The van der Waals surface area contributed by atoms with Gasteiger partial charge in [0.25, 0.3) is 0 Å². The highest BCUT2D eigenvalue weighted by molar-refractivity contribution is 5.75. The van der Waals surface area contributed by atoms with Gasteiger partial charge < -0.3 is 4.74 Å². The van der Waals surface area contributed by atoms with Gasteiger partial charge in [0.15, 0.2) is 23.3 Å². The first-order valence-corrected chi connectivity index (χ1v) is 12.9. The van der Waals surface area contributed by atoms with Crippen LogP contribution in [0.3, 0.4) is 0 Å². The van der Waals surface area contributed by atoms with Crippen molar-refractivity contribution < 1.29 is 22.3 Å². The summed E-state index contributed by atoms with van der Waals surface area (Å²) in [7, 11) is 0. The maximum atomic E-state index is 15.3. The number of hydrogen-bond donors (Lipinski definition) is 0. The Morgan fingerprint density at radius 1 is 0.886 bits per heavy atom. The Balaban J connectivity index is 1.52. The van der Waals surface area contributed by atoms with Gasteiger partial charge in [-0.15, -0.1) is 6.58 Å². The van der Waals surface area contributed by atoms with Crippen molar-refractivity contribution in [2.24, 2.45) is 5.92 Å². The van der Waals surface area contributed by atoms with Crippen molar-refractivity contribution in [3.63, 3.8) is 0 Å². The summed E-state index contributed by atoms with van der Waals surface area (Å²) in [6.45, 7) is 6.48. The first-order chi connectivity index (χ1) is 16.9. The Morgan fingerprint density at radius 2 is 1.51 bits per heavy atom. The number of aryl methyl sites for hydroxylation is 4. The number of hydrogen-bond acceptors (Lipinski definition) is 1. The van der Waals surface area contributed by atoms with Crippen LogP contribution in [0.1, 0.15) is 74.1 Å². The van der Waals surface area contributed by atoms with Crippen LogP contribution < -0.4 is 0 Å². The normalized spacial score (nSPS) is 16.8. The molecule has 0 spiro atoms. The van der Waals surface area contributed by atoms with E-state index in [0.29, 0.717) is 62.2 Å². The third-order valence-corrected chi connectivity index (χ3v) is 7.30. The van der Waals surface area contributed by atoms with Crippen molar-refractivity contribution in [3.8, 4) is 11.1 Å². The quantitative estimate of drug-likeness (QED) is 0.186. The molecule has 1 unspecified atom stereocenters. The molecule has 0 aromatic heterocycles. The highest BCUT2D eigenvalue weighted by atomic mass is 19.2. The SMILES string of the molecule is C=CCCc1cc2c(c(F)c1F)-c1c(cc(CCC3=CCC(CCCCC)CO3)c(F)c1F)CC2. The molecule has 1 aliphatic heterocycles. The maximum Gasteiger partial charge on any atom is 0.167 e. The van der Waals surface area contributed by atoms with Gasteiger partial charge >= 0.3 is 0 Å². The minimum Gasteiger partial charge on any atom is -0.498 e. The zero-order valence-corrected chi connectivity index (χ0v) is 20.5. The predicted molar refractivity (Wildman–Crippen MR) is 132 cm³/mol. The van der Waals surface area contributed by atoms with Crippen molar-refractivity contribution in [2.75, 3.05) is 6.61 Å². The fourth-order valence-electron chi connectivity index (χ4n) is 5.27. The molecule has 1 atom stereocenters. The van der Waals surface area contributed by atoms with Gasteiger partial charge in [0, 0.05) is 17.5 Å². The van der Waals surface area contributed by atoms with Gasteiger partial charge in [-0.05, 0) is 79.2 Å². The Kier molecular flexibility index (Phi) is 8.35. The summed E-state index contributed by atoms with van der Waals surface area (Å²) in [5, 5.41) is 0. The molecule has 0 saturated heterocycles. The minimum absolute atomic E-state index is 0.137. The Hall–Kier alpha value is -2.56. The Morgan fingerprint density at radius 3 is 2.06 bits per heavy atom. The van der Waals surface area contributed by atoms with Crippen LogP contribution in [0.4, 0.5) is 17.6 Å². The molecule has 1 aliphatic carbocycles. The van der Waals surface area contributed by atoms with Gasteiger partial charge in [-0.2, -0.15) is 0 Å². The third-order valence-electron chi connectivity index (χ3n) is 7.30. The lowest BCUT2D eigenvalue weighted by atomic mass is 9.82. The molecular formula is C30H34F4O. The lowest BCUT2D eigenvalue weighted by Gasteiger charge is -2.25. The van der Waals surface area contributed by atoms with Gasteiger partial charge in [0.2, 0.25) is 0 Å². The van der Waals surface area contributed by atoms with E-state index in [0.717, 1.165) is 18.6 Å². The summed E-state index contributed by atoms with van der Waals surface area (Å²) in [6.07, 6.45) is 12.0. The molecule has 1 nitrogen and oxygen atoms in total. The summed E-state index contributed by atoms with van der Waals surface area (Å²) >= 11 is 0. The van der Waals surface area contributed by atoms with E-state index >= 15 is 13.2 Å². The largest absolute Gasteiger partial charge is 0.498 e. The second-order valence-electron chi connectivity index (χ2n) is 9.80. The van der Waals surface area contributed by atoms with Crippen LogP contribution in [0, 0.1) is 29.2 Å². The average Bonchev–Trinajstić information content (AvgIpc) is 2.87. The number of halogens is 4. The number of ether oxygens (including phenoxy) is 1. The van der Waals surface area contributed by atoms with Gasteiger partial charge in [-0.3, -0.25) is 0 Å². The average molecular weight is 487 g/mol. The minimum atomic E-state index is -1.09. The van der Waals surface area contributed by atoms with Gasteiger partial charge in [0.05, 0.1) is 12.4 Å². The van der Waals surface area contributed by atoms with E-state index in [1.165, 1.54) is 19.3 Å². The fourth-order valence-corrected chi connectivity index (χ4v) is 5.27. The summed E-state index contributed by atoms with van der Waals surface area (Å²) in [6, 6.07) is 3.21. The van der Waals surface area contributed by atoms with E-state index in [4.69, 9.17) is 4.74 Å². The van der Waals surface area contributed by atoms with Crippen LogP contribution in [0.2, 0.25) is 0 Å². The lowest BCUT2D eigenvalue weighted by molar-refractivity contribution is 0.133. The monoisotopic (exact) mass is 486 g/mol. The summed E-state index contributed by atoms with van der Waals surface area (Å²) in [5.41, 5.74) is 1.27. The smallest absolute Gasteiger partial charge is 0.167 e. The van der Waals surface area contributed by atoms with Gasteiger partial charge in [0.1, 0.15) is 0 Å². The maximum absolute atomic E-state index is 15.3. The van der Waals surface area contributed by atoms with E-state index in [2.05, 4.69) is 19.6 Å². The van der Waals surface area contributed by atoms with Crippen LogP contribution in [0.25, 0.3) is 11.1 Å². The van der Waals surface area contributed by atoms with Crippen molar-refractivity contribution in [3.05, 3.63) is 82.1 Å². The molecule has 0 N–H and O–H groups in total. The zero-order valence-electron chi connectivity index (χ0n) is 20.5. The predicted octanol–water partition coefficient (Wildman–Crippen LogP) is 8.56. The van der Waals surface area contributed by atoms with Crippen LogP contribution in [-0.4, -0.2) is 6.61 Å². The number of benzene rings is 2. The summed E-state index contributed by atoms with van der Waals surface area (Å²) < 4.78 is 66.0. The van der Waals surface area contributed by atoms with Crippen molar-refractivity contribution in [2.45, 2.75) is 77.6 Å². The van der Waals surface area contributed by atoms with Crippen LogP contribution in [-0.2, 0) is 30.4 Å². The van der Waals surface area contributed by atoms with Gasteiger partial charge in [-0.1, -0.05) is 44.4 Å². The van der Waals surface area contributed by atoms with Gasteiger partial charge in [-0.25, -0.2) is 17.6 Å². The van der Waals surface area contributed by atoms with E-state index in [1.54, 1.807) is 18.2 Å². The molecule has 2 aromatic carbocycles. The molecule has 2 aromatic rings. The highest BCUT2D eigenvalue weighted by Gasteiger charge is 2.30. The van der Waals surface area contributed by atoms with E-state index in [-0.39, 0.29) is 22.3 Å². The Bertz CT molecular complexity index is 1120. The fraction of sp³-hybridized carbons (Fsp3) is 0.467. The number of allylic oxidation sites excluding steroid dienone is 3. The molecule has 0 saturated carbocycles. The molecular weight excluding hydrogens is 452 g/mol. The third kappa shape index (κ3) is 5.49. The lowest BCUT2D eigenvalue weighted by Crippen LogP contribution is -2.15. The summed E-state index contributed by atoms with van der Waals surface area (Å²) in [5.74, 6) is -2.82. The van der Waals surface area contributed by atoms with E-state index in [9.17, 15) is 4.39 Å². The molecule has 2 aliphatic rings. The van der Waals surface area contributed by atoms with Crippen LogP contribution in [0.15, 0.2) is 36.6 Å². The molecule has 0 fully saturated rings. The van der Waals surface area contributed by atoms with Crippen LogP contribution in [0.5, 0.6) is 0 Å². The van der Waals surface area contributed by atoms with Crippen molar-refractivity contribution in [1.82, 2.24) is 0 Å². The molecule has 4 rings (SSSR count). The van der Waals surface area contributed by atoms with E-state index in [1.807, 2.05) is 0 Å². The molecule has 188 valence electrons. The van der Waals surface area contributed by atoms with Crippen molar-refractivity contribution >= 4 is 0 Å². The molecule has 0 amide bonds. The van der Waals surface area contributed by atoms with Crippen molar-refractivity contribution in [1.29, 1.82) is 0 Å². The standard InChI is InChI=1S/C30H34F4O/c1-3-5-7-8-19-10-14-24(35-18-19)15-13-23-17-21-12-11-20-16-22(9-6-4-2)27(31)29(33)25(20)26(21)30(34)28(23)32/h4,14,16-17,19H,2-3,5-13,15,18H2,1H3. The van der Waals surface area contributed by atoms with E-state index < -0.39 is 23.3 Å². The molecule has 5 heteroatoms. The number of fused-ring (bicyclic) bond motifs is 3. The molecule has 35 heavy (non-hydrogen) atoms. The molecule has 0 bridgehead atoms. The number of rotatable bonds is 10. The second kappa shape index (κ2) is 11.5. The summed E-state index contributed by atoms with van der Waals surface area (Å²) in [4.78, 5) is 0. The zero-order chi connectivity index (χ0) is 24.9. The molecule has 0 radical (unpaired) electrons.